The molecule has 2 amide bonds. The first kappa shape index (κ1) is 28.7. The van der Waals surface area contributed by atoms with Crippen molar-refractivity contribution in [2.24, 2.45) is 0 Å². The number of fused-ring (bicyclic) bond motifs is 2. The molecule has 2 aliphatic heterocycles. The molecule has 0 bridgehead atoms. The Morgan fingerprint density at radius 2 is 1.63 bits per heavy atom. The summed E-state index contributed by atoms with van der Waals surface area (Å²) in [5.41, 5.74) is 0.832. The molecule has 0 spiro atoms. The summed E-state index contributed by atoms with van der Waals surface area (Å²) in [6.45, 7) is 14.1. The number of benzene rings is 1. The summed E-state index contributed by atoms with van der Waals surface area (Å²) < 4.78 is 18.5. The second kappa shape index (κ2) is 10.7. The van der Waals surface area contributed by atoms with E-state index in [1.807, 2.05) is 54.5 Å². The number of anilines is 2. The molecule has 1 aromatic heterocycles. The van der Waals surface area contributed by atoms with Gasteiger partial charge in [-0.25, -0.2) is 24.5 Å². The molecule has 2 aliphatic rings. The number of amides is 2. The Hall–Kier alpha value is -2.34. The zero-order valence-corrected chi connectivity index (χ0v) is 25.7. The van der Waals surface area contributed by atoms with Gasteiger partial charge in [-0.3, -0.25) is 0 Å². The zero-order chi connectivity index (χ0) is 28.0. The van der Waals surface area contributed by atoms with Gasteiger partial charge in [0.15, 0.2) is 11.6 Å². The minimum atomic E-state index is -0.730. The van der Waals surface area contributed by atoms with Gasteiger partial charge in [-0.05, 0) is 108 Å². The van der Waals surface area contributed by atoms with Crippen LogP contribution < -0.4 is 9.64 Å². The number of carbonyl (C=O) groups is 2. The number of piperidine rings is 1. The van der Waals surface area contributed by atoms with Gasteiger partial charge >= 0.3 is 12.2 Å². The van der Waals surface area contributed by atoms with Crippen LogP contribution in [0, 0.1) is 3.57 Å². The number of rotatable bonds is 1. The second-order valence-electron chi connectivity index (χ2n) is 11.6. The van der Waals surface area contributed by atoms with Gasteiger partial charge in [0, 0.05) is 13.1 Å². The van der Waals surface area contributed by atoms with Crippen molar-refractivity contribution in [1.82, 2.24) is 14.9 Å². The third kappa shape index (κ3) is 6.27. The average molecular weight is 657 g/mol. The van der Waals surface area contributed by atoms with Gasteiger partial charge in [-0.2, -0.15) is 0 Å². The number of likely N-dealkylation sites (tertiary alicyclic amines) is 1. The molecular formula is C27H34ClIN4O5. The van der Waals surface area contributed by atoms with Crippen molar-refractivity contribution < 1.29 is 23.8 Å². The molecule has 9 nitrogen and oxygen atoms in total. The summed E-state index contributed by atoms with van der Waals surface area (Å²) in [4.78, 5) is 37.9. The van der Waals surface area contributed by atoms with Crippen LogP contribution in [-0.4, -0.2) is 51.3 Å². The molecule has 0 radical (unpaired) electrons. The summed E-state index contributed by atoms with van der Waals surface area (Å²) in [6.07, 6.45) is 1.49. The van der Waals surface area contributed by atoms with Crippen LogP contribution in [0.15, 0.2) is 18.5 Å². The Labute approximate surface area is 242 Å². The van der Waals surface area contributed by atoms with E-state index < -0.39 is 23.4 Å². The summed E-state index contributed by atoms with van der Waals surface area (Å²) in [5.74, 6) is 1.06. The minimum absolute atomic E-state index is 0.183. The molecule has 1 saturated heterocycles. The second-order valence-corrected chi connectivity index (χ2v) is 13.1. The van der Waals surface area contributed by atoms with E-state index in [-0.39, 0.29) is 17.2 Å². The highest BCUT2D eigenvalue weighted by molar-refractivity contribution is 14.1. The first-order valence-corrected chi connectivity index (χ1v) is 14.1. The smallest absolute Gasteiger partial charge is 0.420 e. The molecule has 0 aliphatic carbocycles. The fourth-order valence-corrected chi connectivity index (χ4v) is 5.62. The highest BCUT2D eigenvalue weighted by atomic mass is 127. The molecule has 1 unspecified atom stereocenters. The van der Waals surface area contributed by atoms with Gasteiger partial charge < -0.3 is 19.1 Å². The summed E-state index contributed by atoms with van der Waals surface area (Å²) in [6, 6.07) is 4.05. The van der Waals surface area contributed by atoms with Crippen molar-refractivity contribution >= 4 is 57.9 Å². The SMILES string of the molecule is CC1Oc2c(I)cc(C3CCN(C(=O)OC(C)(C)C)CC3)cc2N(C(=O)OC(C)(C)C)c2ncnc(Cl)c21. The zero-order valence-electron chi connectivity index (χ0n) is 22.8. The Morgan fingerprint density at radius 3 is 2.24 bits per heavy atom. The highest BCUT2D eigenvalue weighted by Gasteiger charge is 2.38. The Morgan fingerprint density at radius 1 is 1.03 bits per heavy atom. The van der Waals surface area contributed by atoms with Crippen LogP contribution in [0.2, 0.25) is 5.15 Å². The first-order valence-electron chi connectivity index (χ1n) is 12.7. The summed E-state index contributed by atoms with van der Waals surface area (Å²) >= 11 is 8.71. The van der Waals surface area contributed by atoms with Crippen LogP contribution in [0.1, 0.15) is 84.5 Å². The van der Waals surface area contributed by atoms with Crippen LogP contribution in [0.5, 0.6) is 5.75 Å². The van der Waals surface area contributed by atoms with Crippen molar-refractivity contribution in [3.05, 3.63) is 38.3 Å². The van der Waals surface area contributed by atoms with E-state index in [0.29, 0.717) is 35.9 Å². The third-order valence-electron chi connectivity index (χ3n) is 6.21. The maximum atomic E-state index is 13.6. The lowest BCUT2D eigenvalue weighted by atomic mass is 9.89. The lowest BCUT2D eigenvalue weighted by Gasteiger charge is -2.34. The van der Waals surface area contributed by atoms with Gasteiger partial charge in [0.05, 0.1) is 14.8 Å². The maximum Gasteiger partial charge on any atom is 0.420 e. The monoisotopic (exact) mass is 656 g/mol. The third-order valence-corrected chi connectivity index (χ3v) is 7.31. The molecule has 4 rings (SSSR count). The predicted octanol–water partition coefficient (Wildman–Crippen LogP) is 7.38. The van der Waals surface area contributed by atoms with Crippen LogP contribution >= 0.6 is 34.2 Å². The largest absolute Gasteiger partial charge is 0.482 e. The number of aromatic nitrogens is 2. The lowest BCUT2D eigenvalue weighted by Crippen LogP contribution is -2.41. The van der Waals surface area contributed by atoms with Gasteiger partial charge in [-0.15, -0.1) is 0 Å². The fraction of sp³-hybridized carbons (Fsp3) is 0.556. The molecule has 0 N–H and O–H groups in total. The normalized spacial score (nSPS) is 18.2. The number of ether oxygens (including phenoxy) is 3. The summed E-state index contributed by atoms with van der Waals surface area (Å²) in [5, 5.41) is 0.216. The van der Waals surface area contributed by atoms with Crippen molar-refractivity contribution in [3.63, 3.8) is 0 Å². The van der Waals surface area contributed by atoms with Crippen LogP contribution in [0.25, 0.3) is 0 Å². The molecule has 0 saturated carbocycles. The number of hydrogen-bond acceptors (Lipinski definition) is 7. The van der Waals surface area contributed by atoms with Gasteiger partial charge in [-0.1, -0.05) is 11.6 Å². The highest BCUT2D eigenvalue weighted by Crippen LogP contribution is 2.48. The van der Waals surface area contributed by atoms with Crippen molar-refractivity contribution in [3.8, 4) is 5.75 Å². The van der Waals surface area contributed by atoms with Crippen molar-refractivity contribution in [2.45, 2.75) is 84.5 Å². The number of hydrogen-bond donors (Lipinski definition) is 0. The molecule has 1 aromatic carbocycles. The van der Waals surface area contributed by atoms with E-state index in [9.17, 15) is 9.59 Å². The van der Waals surface area contributed by atoms with E-state index in [0.717, 1.165) is 22.0 Å². The Kier molecular flexibility index (Phi) is 8.05. The summed E-state index contributed by atoms with van der Waals surface area (Å²) in [7, 11) is 0. The standard InChI is InChI=1S/C27H34ClIN4O5/c1-15-20-22(28)30-14-31-23(20)33(25(35)38-27(5,6)7)19-13-17(12-18(29)21(19)36-15)16-8-10-32(11-9-16)24(34)37-26(2,3)4/h12-16H,8-11H2,1-7H3. The first-order chi connectivity index (χ1) is 17.6. The molecule has 3 heterocycles. The van der Waals surface area contributed by atoms with Crippen LogP contribution in [0.4, 0.5) is 21.1 Å². The molecular weight excluding hydrogens is 623 g/mol. The number of carbonyl (C=O) groups excluding carboxylic acids is 2. The minimum Gasteiger partial charge on any atom is -0.482 e. The van der Waals surface area contributed by atoms with Gasteiger partial charge in [0.2, 0.25) is 0 Å². The molecule has 11 heteroatoms. The van der Waals surface area contributed by atoms with Gasteiger partial charge in [0.1, 0.15) is 28.8 Å². The molecule has 2 aromatic rings. The van der Waals surface area contributed by atoms with E-state index >= 15 is 0 Å². The molecule has 1 atom stereocenters. The van der Waals surface area contributed by atoms with E-state index in [1.54, 1.807) is 4.90 Å². The predicted molar refractivity (Wildman–Crippen MR) is 153 cm³/mol. The van der Waals surface area contributed by atoms with Gasteiger partial charge in [0.25, 0.3) is 0 Å². The van der Waals surface area contributed by atoms with Crippen LogP contribution in [0.3, 0.4) is 0 Å². The molecule has 1 fully saturated rings. The quantitative estimate of drug-likeness (QED) is 0.234. The number of nitrogens with zero attached hydrogens (tertiary/aromatic N) is 4. The Bertz CT molecular complexity index is 1240. The van der Waals surface area contributed by atoms with Crippen molar-refractivity contribution in [1.29, 1.82) is 0 Å². The molecule has 38 heavy (non-hydrogen) atoms. The molecule has 206 valence electrons. The fourth-order valence-electron chi connectivity index (χ4n) is 4.58. The topological polar surface area (TPSA) is 94.1 Å². The van der Waals surface area contributed by atoms with Crippen molar-refractivity contribution in [2.75, 3.05) is 18.0 Å². The average Bonchev–Trinajstić information content (AvgIpc) is 2.91. The Balaban J connectivity index is 1.72. The van der Waals surface area contributed by atoms with E-state index in [1.165, 1.54) is 11.2 Å². The van der Waals surface area contributed by atoms with Crippen LogP contribution in [-0.2, 0) is 9.47 Å². The van der Waals surface area contributed by atoms with E-state index in [4.69, 9.17) is 25.8 Å². The van der Waals surface area contributed by atoms with E-state index in [2.05, 4.69) is 38.6 Å². The number of halogens is 2. The lowest BCUT2D eigenvalue weighted by molar-refractivity contribution is 0.0204. The maximum absolute atomic E-state index is 13.6.